The van der Waals surface area contributed by atoms with Gasteiger partial charge in [0.1, 0.15) is 5.75 Å². The number of aromatic hydroxyl groups is 1. The van der Waals surface area contributed by atoms with Crippen LogP contribution in [0, 0.1) is 13.8 Å². The number of phenolic OH excluding ortho intramolecular Hbond substituents is 1. The van der Waals surface area contributed by atoms with E-state index < -0.39 is 0 Å². The number of aryl methyl sites for hydroxylation is 1. The number of nitrogens with zero attached hydrogens (tertiary/aromatic N) is 3. The smallest absolute Gasteiger partial charge is 0.170 e. The summed E-state index contributed by atoms with van der Waals surface area (Å²) in [6.07, 6.45) is 1.83. The molecular formula is C23H26N4OS. The minimum Gasteiger partial charge on any atom is -0.508 e. The molecule has 2 N–H and O–H groups in total. The molecular weight excluding hydrogens is 380 g/mol. The van der Waals surface area contributed by atoms with Gasteiger partial charge in [-0.15, -0.1) is 0 Å². The second kappa shape index (κ2) is 7.52. The molecule has 1 aromatic carbocycles. The SMILES string of the molecule is Cc1cc([C@@H]2[C@H](c3ccccn3)NC(=S)N2C(C)C)c(C)n1-c1ccc(O)cc1. The molecule has 0 radical (unpaired) electrons. The van der Waals surface area contributed by atoms with Gasteiger partial charge < -0.3 is 19.9 Å². The lowest BCUT2D eigenvalue weighted by Gasteiger charge is -2.31. The molecule has 3 aromatic rings. The van der Waals surface area contributed by atoms with Gasteiger partial charge >= 0.3 is 0 Å². The predicted molar refractivity (Wildman–Crippen MR) is 119 cm³/mol. The van der Waals surface area contributed by atoms with E-state index in [-0.39, 0.29) is 23.9 Å². The molecule has 29 heavy (non-hydrogen) atoms. The van der Waals surface area contributed by atoms with Gasteiger partial charge in [0.15, 0.2) is 5.11 Å². The van der Waals surface area contributed by atoms with Gasteiger partial charge in [-0.3, -0.25) is 4.98 Å². The molecule has 150 valence electrons. The van der Waals surface area contributed by atoms with Crippen LogP contribution in [0.15, 0.2) is 54.7 Å². The third kappa shape index (κ3) is 3.38. The predicted octanol–water partition coefficient (Wildman–Crippen LogP) is 4.58. The van der Waals surface area contributed by atoms with Gasteiger partial charge in [-0.25, -0.2) is 0 Å². The van der Waals surface area contributed by atoms with Crippen LogP contribution in [0.5, 0.6) is 5.75 Å². The Kier molecular flexibility index (Phi) is 5.04. The Morgan fingerprint density at radius 2 is 1.83 bits per heavy atom. The van der Waals surface area contributed by atoms with Crippen LogP contribution >= 0.6 is 12.2 Å². The third-order valence-corrected chi connectivity index (χ3v) is 5.92. The number of benzene rings is 1. The van der Waals surface area contributed by atoms with Crippen molar-refractivity contribution in [2.45, 2.75) is 45.8 Å². The van der Waals surface area contributed by atoms with Crippen molar-refractivity contribution in [3.63, 3.8) is 0 Å². The van der Waals surface area contributed by atoms with E-state index in [1.54, 1.807) is 12.1 Å². The topological polar surface area (TPSA) is 53.3 Å². The number of aromatic nitrogens is 2. The number of thiocarbonyl (C=S) groups is 1. The summed E-state index contributed by atoms with van der Waals surface area (Å²) in [5.74, 6) is 0.267. The first-order valence-electron chi connectivity index (χ1n) is 9.86. The number of pyridine rings is 1. The van der Waals surface area contributed by atoms with Crippen molar-refractivity contribution in [3.8, 4) is 11.4 Å². The lowest BCUT2D eigenvalue weighted by Crippen LogP contribution is -2.35. The molecule has 4 rings (SSSR count). The number of hydrogen-bond acceptors (Lipinski definition) is 3. The van der Waals surface area contributed by atoms with Gasteiger partial charge in [-0.1, -0.05) is 6.07 Å². The lowest BCUT2D eigenvalue weighted by atomic mass is 9.96. The quantitative estimate of drug-likeness (QED) is 0.622. The monoisotopic (exact) mass is 406 g/mol. The maximum atomic E-state index is 9.66. The van der Waals surface area contributed by atoms with Crippen molar-refractivity contribution in [3.05, 3.63) is 77.4 Å². The molecule has 1 aliphatic heterocycles. The summed E-state index contributed by atoms with van der Waals surface area (Å²) in [6, 6.07) is 15.9. The van der Waals surface area contributed by atoms with Crippen LogP contribution in [0.3, 0.4) is 0 Å². The standard InChI is InChI=1S/C23H26N4OS/c1-14(2)26-22(21(25-23(26)29)20-7-5-6-12-24-20)19-13-15(3)27(16(19)4)17-8-10-18(28)11-9-17/h5-14,21-22,28H,1-4H3,(H,25,29)/t21-,22+/m0/s1. The van der Waals surface area contributed by atoms with Gasteiger partial charge in [0, 0.05) is 29.3 Å². The van der Waals surface area contributed by atoms with Crippen molar-refractivity contribution >= 4 is 17.3 Å². The maximum Gasteiger partial charge on any atom is 0.170 e. The maximum absolute atomic E-state index is 9.66. The van der Waals surface area contributed by atoms with Crippen molar-refractivity contribution in [2.24, 2.45) is 0 Å². The lowest BCUT2D eigenvalue weighted by molar-refractivity contribution is 0.269. The molecule has 6 heteroatoms. The second-order valence-electron chi connectivity index (χ2n) is 7.81. The molecule has 1 fully saturated rings. The molecule has 5 nitrogen and oxygen atoms in total. The summed E-state index contributed by atoms with van der Waals surface area (Å²) in [6.45, 7) is 8.59. The second-order valence-corrected chi connectivity index (χ2v) is 8.19. The molecule has 2 aromatic heterocycles. The zero-order valence-electron chi connectivity index (χ0n) is 17.1. The van der Waals surface area contributed by atoms with E-state index in [1.165, 1.54) is 5.56 Å². The summed E-state index contributed by atoms with van der Waals surface area (Å²) in [5.41, 5.74) is 5.55. The molecule has 1 saturated heterocycles. The van der Waals surface area contributed by atoms with E-state index in [0.717, 1.165) is 27.9 Å². The molecule has 0 unspecified atom stereocenters. The first-order valence-corrected chi connectivity index (χ1v) is 10.3. The summed E-state index contributed by atoms with van der Waals surface area (Å²) >= 11 is 5.71. The van der Waals surface area contributed by atoms with Crippen LogP contribution in [0.25, 0.3) is 5.69 Å². The van der Waals surface area contributed by atoms with Crippen molar-refractivity contribution in [1.29, 1.82) is 0 Å². The highest BCUT2D eigenvalue weighted by Gasteiger charge is 2.42. The summed E-state index contributed by atoms with van der Waals surface area (Å²) < 4.78 is 2.23. The van der Waals surface area contributed by atoms with Crippen LogP contribution in [-0.2, 0) is 0 Å². The van der Waals surface area contributed by atoms with Gasteiger partial charge in [0.05, 0.1) is 17.8 Å². The number of phenols is 1. The fourth-order valence-corrected chi connectivity index (χ4v) is 4.79. The van der Waals surface area contributed by atoms with Crippen LogP contribution in [-0.4, -0.2) is 30.7 Å². The largest absolute Gasteiger partial charge is 0.508 e. The van der Waals surface area contributed by atoms with Gasteiger partial charge in [0.2, 0.25) is 0 Å². The zero-order valence-corrected chi connectivity index (χ0v) is 17.9. The first-order chi connectivity index (χ1) is 13.9. The Bertz CT molecular complexity index is 1030. The van der Waals surface area contributed by atoms with E-state index in [1.807, 2.05) is 30.5 Å². The average Bonchev–Trinajstić information content (AvgIpc) is 3.19. The highest BCUT2D eigenvalue weighted by molar-refractivity contribution is 7.80. The molecule has 0 saturated carbocycles. The average molecular weight is 407 g/mol. The van der Waals surface area contributed by atoms with Gasteiger partial charge in [0.25, 0.3) is 0 Å². The summed E-state index contributed by atoms with van der Waals surface area (Å²) in [4.78, 5) is 6.88. The van der Waals surface area contributed by atoms with Crippen molar-refractivity contribution in [1.82, 2.24) is 19.8 Å². The Balaban J connectivity index is 1.85. The molecule has 0 amide bonds. The fourth-order valence-electron chi connectivity index (χ4n) is 4.34. The summed E-state index contributed by atoms with van der Waals surface area (Å²) in [5, 5.41) is 13.9. The number of hydrogen-bond donors (Lipinski definition) is 2. The Labute approximate surface area is 177 Å². The van der Waals surface area contributed by atoms with E-state index in [9.17, 15) is 5.11 Å². The van der Waals surface area contributed by atoms with Crippen molar-refractivity contribution < 1.29 is 5.11 Å². The minimum absolute atomic E-state index is 0.0140. The zero-order chi connectivity index (χ0) is 20.7. The summed E-state index contributed by atoms with van der Waals surface area (Å²) in [7, 11) is 0. The van der Waals surface area contributed by atoms with E-state index in [0.29, 0.717) is 0 Å². The van der Waals surface area contributed by atoms with Gasteiger partial charge in [-0.2, -0.15) is 0 Å². The first kappa shape index (κ1) is 19.5. The normalized spacial score (nSPS) is 19.1. The van der Waals surface area contributed by atoms with Crippen LogP contribution in [0.2, 0.25) is 0 Å². The molecule has 3 heterocycles. The Morgan fingerprint density at radius 3 is 2.45 bits per heavy atom. The molecule has 0 aliphatic carbocycles. The van der Waals surface area contributed by atoms with E-state index in [4.69, 9.17) is 12.2 Å². The minimum atomic E-state index is -0.0140. The molecule has 1 aliphatic rings. The van der Waals surface area contributed by atoms with Gasteiger partial charge in [-0.05, 0) is 87.9 Å². The van der Waals surface area contributed by atoms with Crippen LogP contribution in [0.1, 0.15) is 48.6 Å². The van der Waals surface area contributed by atoms with Crippen LogP contribution in [0.4, 0.5) is 0 Å². The molecule has 0 spiro atoms. The van der Waals surface area contributed by atoms with Crippen molar-refractivity contribution in [2.75, 3.05) is 0 Å². The number of nitrogens with one attached hydrogen (secondary N) is 1. The Morgan fingerprint density at radius 1 is 1.10 bits per heavy atom. The fraction of sp³-hybridized carbons (Fsp3) is 0.304. The van der Waals surface area contributed by atoms with E-state index in [2.05, 4.69) is 59.6 Å². The highest BCUT2D eigenvalue weighted by Crippen LogP contribution is 2.42. The Hall–Kier alpha value is -2.86. The molecule has 0 bridgehead atoms. The third-order valence-electron chi connectivity index (χ3n) is 5.59. The van der Waals surface area contributed by atoms with E-state index >= 15 is 0 Å². The van der Waals surface area contributed by atoms with Crippen LogP contribution < -0.4 is 5.32 Å². The highest BCUT2D eigenvalue weighted by atomic mass is 32.1. The number of rotatable bonds is 4. The molecule has 2 atom stereocenters.